The van der Waals surface area contributed by atoms with Crippen LogP contribution in [0.2, 0.25) is 0 Å². The Bertz CT molecular complexity index is 460. The Morgan fingerprint density at radius 2 is 2.15 bits per heavy atom. The van der Waals surface area contributed by atoms with Gasteiger partial charge in [0.2, 0.25) is 0 Å². The van der Waals surface area contributed by atoms with Crippen LogP contribution in [0.4, 0.5) is 0 Å². The lowest BCUT2D eigenvalue weighted by molar-refractivity contribution is 0.111. The first kappa shape index (κ1) is 14.4. The molecule has 110 valence electrons. The van der Waals surface area contributed by atoms with E-state index < -0.39 is 0 Å². The first-order valence-corrected chi connectivity index (χ1v) is 8.48. The van der Waals surface area contributed by atoms with Crippen LogP contribution >= 0.6 is 15.9 Å². The lowest BCUT2D eigenvalue weighted by Crippen LogP contribution is -2.49. The summed E-state index contributed by atoms with van der Waals surface area (Å²) in [4.78, 5) is 2.56. The predicted octanol–water partition coefficient (Wildman–Crippen LogP) is 3.26. The molecule has 3 rings (SSSR count). The quantitative estimate of drug-likeness (QED) is 0.887. The van der Waals surface area contributed by atoms with E-state index in [2.05, 4.69) is 26.1 Å². The fourth-order valence-electron chi connectivity index (χ4n) is 3.61. The zero-order chi connectivity index (χ0) is 13.9. The van der Waals surface area contributed by atoms with Crippen molar-refractivity contribution in [3.8, 4) is 5.75 Å². The molecular weight excluding hydrogens is 316 g/mol. The molecule has 0 aliphatic carbocycles. The van der Waals surface area contributed by atoms with Crippen LogP contribution in [0.5, 0.6) is 5.75 Å². The van der Waals surface area contributed by atoms with E-state index in [1.54, 1.807) is 6.07 Å². The van der Waals surface area contributed by atoms with Gasteiger partial charge in [-0.15, -0.1) is 0 Å². The zero-order valence-corrected chi connectivity index (χ0v) is 13.4. The number of piperidine rings is 1. The molecule has 2 heterocycles. The van der Waals surface area contributed by atoms with Crippen molar-refractivity contribution in [1.82, 2.24) is 10.2 Å². The van der Waals surface area contributed by atoms with Gasteiger partial charge in [-0.05, 0) is 57.0 Å². The Morgan fingerprint density at radius 3 is 2.95 bits per heavy atom. The van der Waals surface area contributed by atoms with Gasteiger partial charge in [0.25, 0.3) is 0 Å². The second kappa shape index (κ2) is 6.46. The van der Waals surface area contributed by atoms with Gasteiger partial charge in [-0.1, -0.05) is 22.4 Å². The lowest BCUT2D eigenvalue weighted by atomic mass is 9.94. The smallest absolute Gasteiger partial charge is 0.120 e. The molecular formula is C16H23BrN2O. The molecule has 0 aromatic heterocycles. The molecule has 2 unspecified atom stereocenters. The van der Waals surface area contributed by atoms with Crippen molar-refractivity contribution in [3.63, 3.8) is 0 Å². The van der Waals surface area contributed by atoms with Crippen LogP contribution in [-0.2, 0) is 6.54 Å². The highest BCUT2D eigenvalue weighted by atomic mass is 79.9. The number of benzene rings is 1. The first-order valence-electron chi connectivity index (χ1n) is 7.69. The molecule has 1 aromatic carbocycles. The van der Waals surface area contributed by atoms with Crippen LogP contribution in [0.15, 0.2) is 22.7 Å². The van der Waals surface area contributed by atoms with Gasteiger partial charge >= 0.3 is 0 Å². The number of nitrogens with zero attached hydrogens (tertiary/aromatic N) is 1. The standard InChI is InChI=1S/C16H23BrN2O/c17-13-6-7-16(20)12(10-13)11-19-9-2-1-5-15(19)14-4-3-8-18-14/h6-7,10,14-15,18,20H,1-5,8-9,11H2. The summed E-state index contributed by atoms with van der Waals surface area (Å²) in [6, 6.07) is 6.99. The summed E-state index contributed by atoms with van der Waals surface area (Å²) in [5, 5.41) is 13.7. The maximum atomic E-state index is 10.1. The van der Waals surface area contributed by atoms with Gasteiger partial charge in [-0.25, -0.2) is 0 Å². The minimum Gasteiger partial charge on any atom is -0.508 e. The average molecular weight is 339 g/mol. The molecule has 1 aromatic rings. The van der Waals surface area contributed by atoms with Gasteiger partial charge in [-0.3, -0.25) is 4.90 Å². The largest absolute Gasteiger partial charge is 0.508 e. The molecule has 4 heteroatoms. The number of hydrogen-bond acceptors (Lipinski definition) is 3. The predicted molar refractivity (Wildman–Crippen MR) is 84.9 cm³/mol. The Labute approximate surface area is 129 Å². The molecule has 2 saturated heterocycles. The van der Waals surface area contributed by atoms with Gasteiger partial charge < -0.3 is 10.4 Å². The van der Waals surface area contributed by atoms with E-state index in [0.717, 1.165) is 29.7 Å². The molecule has 0 saturated carbocycles. The van der Waals surface area contributed by atoms with Gasteiger partial charge in [0, 0.05) is 28.7 Å². The van der Waals surface area contributed by atoms with Crippen molar-refractivity contribution >= 4 is 15.9 Å². The van der Waals surface area contributed by atoms with E-state index in [4.69, 9.17) is 0 Å². The van der Waals surface area contributed by atoms with Crippen molar-refractivity contribution in [3.05, 3.63) is 28.2 Å². The number of hydrogen-bond donors (Lipinski definition) is 2. The number of phenols is 1. The summed E-state index contributed by atoms with van der Waals surface area (Å²) in [5.74, 6) is 0.414. The number of phenolic OH excluding ortho intramolecular Hbond substituents is 1. The van der Waals surface area contributed by atoms with Crippen LogP contribution in [0.25, 0.3) is 0 Å². The monoisotopic (exact) mass is 338 g/mol. The molecule has 2 aliphatic heterocycles. The third kappa shape index (κ3) is 3.18. The van der Waals surface area contributed by atoms with Crippen LogP contribution in [0, 0.1) is 0 Å². The number of likely N-dealkylation sites (tertiary alicyclic amines) is 1. The lowest BCUT2D eigenvalue weighted by Gasteiger charge is -2.39. The van der Waals surface area contributed by atoms with E-state index in [1.807, 2.05) is 12.1 Å². The van der Waals surface area contributed by atoms with E-state index in [-0.39, 0.29) is 0 Å². The summed E-state index contributed by atoms with van der Waals surface area (Å²) >= 11 is 3.50. The second-order valence-corrected chi connectivity index (χ2v) is 6.93. The van der Waals surface area contributed by atoms with E-state index in [9.17, 15) is 5.11 Å². The Morgan fingerprint density at radius 1 is 1.25 bits per heavy atom. The molecule has 2 aliphatic rings. The van der Waals surface area contributed by atoms with E-state index in [0.29, 0.717) is 17.8 Å². The van der Waals surface area contributed by atoms with Crippen molar-refractivity contribution < 1.29 is 5.11 Å². The van der Waals surface area contributed by atoms with Crippen molar-refractivity contribution in [1.29, 1.82) is 0 Å². The number of halogens is 1. The highest BCUT2D eigenvalue weighted by Gasteiger charge is 2.31. The zero-order valence-electron chi connectivity index (χ0n) is 11.8. The van der Waals surface area contributed by atoms with E-state index >= 15 is 0 Å². The van der Waals surface area contributed by atoms with Gasteiger partial charge in [0.05, 0.1) is 0 Å². The SMILES string of the molecule is Oc1ccc(Br)cc1CN1CCCCC1C1CCCN1. The molecule has 0 amide bonds. The van der Waals surface area contributed by atoms with Crippen LogP contribution in [0.3, 0.4) is 0 Å². The minimum absolute atomic E-state index is 0.414. The second-order valence-electron chi connectivity index (χ2n) is 6.01. The first-order chi connectivity index (χ1) is 9.74. The molecule has 0 radical (unpaired) electrons. The van der Waals surface area contributed by atoms with Crippen LogP contribution in [-0.4, -0.2) is 35.2 Å². The van der Waals surface area contributed by atoms with Crippen LogP contribution < -0.4 is 5.32 Å². The molecule has 2 N–H and O–H groups in total. The summed E-state index contributed by atoms with van der Waals surface area (Å²) in [6.45, 7) is 3.17. The summed E-state index contributed by atoms with van der Waals surface area (Å²) in [7, 11) is 0. The number of aromatic hydroxyl groups is 1. The highest BCUT2D eigenvalue weighted by Crippen LogP contribution is 2.29. The topological polar surface area (TPSA) is 35.5 Å². The van der Waals surface area contributed by atoms with Gasteiger partial charge in [-0.2, -0.15) is 0 Å². The fourth-order valence-corrected chi connectivity index (χ4v) is 4.02. The minimum atomic E-state index is 0.414. The Hall–Kier alpha value is -0.580. The van der Waals surface area contributed by atoms with Crippen molar-refractivity contribution in [2.75, 3.05) is 13.1 Å². The maximum Gasteiger partial charge on any atom is 0.120 e. The summed E-state index contributed by atoms with van der Waals surface area (Å²) in [5.41, 5.74) is 1.03. The molecule has 20 heavy (non-hydrogen) atoms. The fraction of sp³-hybridized carbons (Fsp3) is 0.625. The van der Waals surface area contributed by atoms with Crippen molar-refractivity contribution in [2.24, 2.45) is 0 Å². The molecule has 3 nitrogen and oxygen atoms in total. The molecule has 0 bridgehead atoms. The van der Waals surface area contributed by atoms with Gasteiger partial charge in [0.1, 0.15) is 5.75 Å². The third-order valence-electron chi connectivity index (χ3n) is 4.64. The summed E-state index contributed by atoms with van der Waals surface area (Å²) in [6.07, 6.45) is 6.50. The maximum absolute atomic E-state index is 10.1. The Balaban J connectivity index is 1.74. The summed E-state index contributed by atoms with van der Waals surface area (Å²) < 4.78 is 1.04. The molecule has 0 spiro atoms. The average Bonchev–Trinajstić information content (AvgIpc) is 2.97. The van der Waals surface area contributed by atoms with Crippen LogP contribution in [0.1, 0.15) is 37.7 Å². The molecule has 2 fully saturated rings. The number of rotatable bonds is 3. The number of nitrogens with one attached hydrogen (secondary N) is 1. The van der Waals surface area contributed by atoms with E-state index in [1.165, 1.54) is 32.1 Å². The van der Waals surface area contributed by atoms with Gasteiger partial charge in [0.15, 0.2) is 0 Å². The normalized spacial score (nSPS) is 27.9. The Kier molecular flexibility index (Phi) is 4.64. The molecule has 2 atom stereocenters. The van der Waals surface area contributed by atoms with Crippen molar-refractivity contribution in [2.45, 2.75) is 50.7 Å². The highest BCUT2D eigenvalue weighted by molar-refractivity contribution is 9.10. The third-order valence-corrected chi connectivity index (χ3v) is 5.14.